The minimum absolute atomic E-state index is 0.0740. The lowest BCUT2D eigenvalue weighted by Gasteiger charge is -2.13. The fraction of sp³-hybridized carbons (Fsp3) is 0.200. The molecule has 0 aromatic heterocycles. The van der Waals surface area contributed by atoms with Gasteiger partial charge in [-0.3, -0.25) is 4.72 Å². The van der Waals surface area contributed by atoms with Gasteiger partial charge in [0.2, 0.25) is 0 Å². The number of nitrogens with one attached hydrogen (secondary N) is 2. The lowest BCUT2D eigenvalue weighted by atomic mass is 10.2. The molecule has 0 aliphatic carbocycles. The maximum Gasteiger partial charge on any atom is 0.263 e. The van der Waals surface area contributed by atoms with Gasteiger partial charge in [-0.25, -0.2) is 8.42 Å². The predicted molar refractivity (Wildman–Crippen MR) is 86.1 cm³/mol. The van der Waals surface area contributed by atoms with E-state index in [1.54, 1.807) is 30.3 Å². The van der Waals surface area contributed by atoms with Crippen LogP contribution in [0.3, 0.4) is 0 Å². The SMILES string of the molecule is CCNCc1ccccc1NS(=O)(=O)c1ccccc1Cl. The third kappa shape index (κ3) is 3.97. The van der Waals surface area contributed by atoms with Gasteiger partial charge in [-0.1, -0.05) is 48.9 Å². The standard InChI is InChI=1S/C15H17ClN2O2S/c1-2-17-11-12-7-3-5-9-14(12)18-21(19,20)15-10-6-4-8-13(15)16/h3-10,17-18H,2,11H2,1H3. The molecule has 0 bridgehead atoms. The van der Waals surface area contributed by atoms with E-state index in [-0.39, 0.29) is 9.92 Å². The maximum absolute atomic E-state index is 12.4. The smallest absolute Gasteiger partial charge is 0.263 e. The van der Waals surface area contributed by atoms with Crippen molar-refractivity contribution in [2.75, 3.05) is 11.3 Å². The van der Waals surface area contributed by atoms with E-state index in [0.29, 0.717) is 12.2 Å². The quantitative estimate of drug-likeness (QED) is 0.857. The van der Waals surface area contributed by atoms with Gasteiger partial charge in [0, 0.05) is 6.54 Å². The summed E-state index contributed by atoms with van der Waals surface area (Å²) in [5.74, 6) is 0. The van der Waals surface area contributed by atoms with Crippen LogP contribution in [0, 0.1) is 0 Å². The number of sulfonamides is 1. The first kappa shape index (κ1) is 15.8. The monoisotopic (exact) mass is 324 g/mol. The summed E-state index contributed by atoms with van der Waals surface area (Å²) in [5.41, 5.74) is 1.44. The molecule has 0 heterocycles. The van der Waals surface area contributed by atoms with Crippen molar-refractivity contribution >= 4 is 27.3 Å². The highest BCUT2D eigenvalue weighted by molar-refractivity contribution is 7.92. The highest BCUT2D eigenvalue weighted by atomic mass is 35.5. The average molecular weight is 325 g/mol. The Kier molecular flexibility index (Phi) is 5.22. The third-order valence-electron chi connectivity index (χ3n) is 2.95. The Morgan fingerprint density at radius 2 is 1.71 bits per heavy atom. The van der Waals surface area contributed by atoms with Crippen molar-refractivity contribution in [1.82, 2.24) is 5.32 Å². The van der Waals surface area contributed by atoms with Gasteiger partial charge in [-0.2, -0.15) is 0 Å². The summed E-state index contributed by atoms with van der Waals surface area (Å²) in [6, 6.07) is 13.7. The second-order valence-electron chi connectivity index (χ2n) is 4.47. The molecule has 2 rings (SSSR count). The van der Waals surface area contributed by atoms with E-state index in [1.807, 2.05) is 19.1 Å². The van der Waals surface area contributed by atoms with Crippen molar-refractivity contribution in [2.45, 2.75) is 18.4 Å². The van der Waals surface area contributed by atoms with Crippen LogP contribution in [0.15, 0.2) is 53.4 Å². The third-order valence-corrected chi connectivity index (χ3v) is 4.82. The largest absolute Gasteiger partial charge is 0.313 e. The zero-order chi connectivity index (χ0) is 15.3. The Morgan fingerprint density at radius 3 is 2.43 bits per heavy atom. The van der Waals surface area contributed by atoms with E-state index in [0.717, 1.165) is 12.1 Å². The molecule has 0 saturated carbocycles. The summed E-state index contributed by atoms with van der Waals surface area (Å²) in [6.07, 6.45) is 0. The van der Waals surface area contributed by atoms with Crippen LogP contribution in [0.5, 0.6) is 0 Å². The van der Waals surface area contributed by atoms with E-state index in [1.165, 1.54) is 6.07 Å². The van der Waals surface area contributed by atoms with Crippen molar-refractivity contribution in [3.8, 4) is 0 Å². The van der Waals surface area contributed by atoms with Crippen molar-refractivity contribution in [2.24, 2.45) is 0 Å². The van der Waals surface area contributed by atoms with Gasteiger partial charge in [-0.15, -0.1) is 0 Å². The number of hydrogen-bond donors (Lipinski definition) is 2. The first-order chi connectivity index (χ1) is 10.0. The van der Waals surface area contributed by atoms with E-state index in [4.69, 9.17) is 11.6 Å². The van der Waals surface area contributed by atoms with Gasteiger partial charge in [0.05, 0.1) is 10.7 Å². The molecule has 0 fully saturated rings. The Balaban J connectivity index is 2.31. The number of hydrogen-bond acceptors (Lipinski definition) is 3. The Morgan fingerprint density at radius 1 is 1.05 bits per heavy atom. The fourth-order valence-electron chi connectivity index (χ4n) is 1.90. The Hall–Kier alpha value is -1.56. The minimum atomic E-state index is -3.70. The molecule has 0 spiro atoms. The van der Waals surface area contributed by atoms with Crippen LogP contribution in [0.4, 0.5) is 5.69 Å². The number of rotatable bonds is 6. The van der Waals surface area contributed by atoms with Crippen LogP contribution in [0.2, 0.25) is 5.02 Å². The molecule has 0 saturated heterocycles. The molecule has 0 atom stereocenters. The summed E-state index contributed by atoms with van der Waals surface area (Å²) in [5, 5.41) is 3.38. The zero-order valence-corrected chi connectivity index (χ0v) is 13.2. The van der Waals surface area contributed by atoms with Crippen molar-refractivity contribution in [3.05, 3.63) is 59.1 Å². The van der Waals surface area contributed by atoms with E-state index < -0.39 is 10.0 Å². The average Bonchev–Trinajstić information content (AvgIpc) is 2.46. The molecular formula is C15H17ClN2O2S. The molecule has 6 heteroatoms. The Labute approximate surface area is 130 Å². The molecule has 2 aromatic rings. The summed E-state index contributed by atoms with van der Waals surface area (Å²) < 4.78 is 27.5. The van der Waals surface area contributed by atoms with E-state index >= 15 is 0 Å². The van der Waals surface area contributed by atoms with Crippen molar-refractivity contribution < 1.29 is 8.42 Å². The normalized spacial score (nSPS) is 11.3. The maximum atomic E-state index is 12.4. The topological polar surface area (TPSA) is 58.2 Å². The molecule has 4 nitrogen and oxygen atoms in total. The predicted octanol–water partition coefficient (Wildman–Crippen LogP) is 3.25. The van der Waals surface area contributed by atoms with Crippen molar-refractivity contribution in [3.63, 3.8) is 0 Å². The van der Waals surface area contributed by atoms with Gasteiger partial charge in [0.1, 0.15) is 4.90 Å². The second-order valence-corrected chi connectivity index (χ2v) is 6.53. The van der Waals surface area contributed by atoms with Crippen LogP contribution in [-0.4, -0.2) is 15.0 Å². The van der Waals surface area contributed by atoms with Gasteiger partial charge in [0.25, 0.3) is 10.0 Å². The number of para-hydroxylation sites is 1. The molecular weight excluding hydrogens is 308 g/mol. The van der Waals surface area contributed by atoms with Crippen LogP contribution in [0.1, 0.15) is 12.5 Å². The van der Waals surface area contributed by atoms with Crippen LogP contribution < -0.4 is 10.0 Å². The number of halogens is 1. The Bertz CT molecular complexity index is 717. The van der Waals surface area contributed by atoms with Gasteiger partial charge < -0.3 is 5.32 Å². The molecule has 0 radical (unpaired) electrons. The number of anilines is 1. The van der Waals surface area contributed by atoms with Crippen LogP contribution in [0.25, 0.3) is 0 Å². The molecule has 0 aliphatic rings. The molecule has 2 aromatic carbocycles. The molecule has 21 heavy (non-hydrogen) atoms. The molecule has 0 unspecified atom stereocenters. The van der Waals surface area contributed by atoms with Crippen LogP contribution in [-0.2, 0) is 16.6 Å². The first-order valence-corrected chi connectivity index (χ1v) is 8.46. The van der Waals surface area contributed by atoms with Crippen molar-refractivity contribution in [1.29, 1.82) is 0 Å². The summed E-state index contributed by atoms with van der Waals surface area (Å²) >= 11 is 5.97. The van der Waals surface area contributed by atoms with Gasteiger partial charge >= 0.3 is 0 Å². The van der Waals surface area contributed by atoms with E-state index in [9.17, 15) is 8.42 Å². The van der Waals surface area contributed by atoms with Gasteiger partial charge in [0.15, 0.2) is 0 Å². The highest BCUT2D eigenvalue weighted by Gasteiger charge is 2.18. The lowest BCUT2D eigenvalue weighted by molar-refractivity contribution is 0.601. The molecule has 0 amide bonds. The fourth-order valence-corrected chi connectivity index (χ4v) is 3.52. The summed E-state index contributed by atoms with van der Waals surface area (Å²) in [7, 11) is -3.70. The number of benzene rings is 2. The zero-order valence-electron chi connectivity index (χ0n) is 11.6. The van der Waals surface area contributed by atoms with Crippen LogP contribution >= 0.6 is 11.6 Å². The second kappa shape index (κ2) is 6.93. The first-order valence-electron chi connectivity index (χ1n) is 6.60. The van der Waals surface area contributed by atoms with Gasteiger partial charge in [-0.05, 0) is 30.3 Å². The lowest BCUT2D eigenvalue weighted by Crippen LogP contribution is -2.17. The summed E-state index contributed by atoms with van der Waals surface area (Å²) in [4.78, 5) is 0.0740. The molecule has 0 aliphatic heterocycles. The molecule has 2 N–H and O–H groups in total. The summed E-state index contributed by atoms with van der Waals surface area (Å²) in [6.45, 7) is 3.40. The highest BCUT2D eigenvalue weighted by Crippen LogP contribution is 2.24. The molecule has 112 valence electrons. The minimum Gasteiger partial charge on any atom is -0.313 e. The van der Waals surface area contributed by atoms with E-state index in [2.05, 4.69) is 10.0 Å².